The van der Waals surface area contributed by atoms with Crippen molar-refractivity contribution in [3.8, 4) is 0 Å². The Morgan fingerprint density at radius 1 is 1.08 bits per heavy atom. The van der Waals surface area contributed by atoms with Gasteiger partial charge in [-0.05, 0) is 31.9 Å². The van der Waals surface area contributed by atoms with Gasteiger partial charge in [-0.25, -0.2) is 9.97 Å². The number of carbonyl (C=O) groups is 1. The molecule has 0 spiro atoms. The van der Waals surface area contributed by atoms with E-state index in [0.29, 0.717) is 17.6 Å². The van der Waals surface area contributed by atoms with Crippen molar-refractivity contribution in [2.45, 2.75) is 51.5 Å². The van der Waals surface area contributed by atoms with E-state index in [9.17, 15) is 4.79 Å². The number of hydrogen-bond donors (Lipinski definition) is 1. The molecule has 1 aromatic heterocycles. The molecule has 1 aromatic carbocycles. The first kappa shape index (κ1) is 17.4. The monoisotopic (exact) mass is 338 g/mol. The smallest absolute Gasteiger partial charge is 0.276 e. The maximum absolute atomic E-state index is 12.8. The van der Waals surface area contributed by atoms with Crippen LogP contribution in [0.15, 0.2) is 36.4 Å². The van der Waals surface area contributed by atoms with Gasteiger partial charge in [0.05, 0.1) is 0 Å². The Balaban J connectivity index is 1.77. The molecule has 0 saturated heterocycles. The zero-order valence-electron chi connectivity index (χ0n) is 15.0. The van der Waals surface area contributed by atoms with E-state index in [-0.39, 0.29) is 5.91 Å². The quantitative estimate of drug-likeness (QED) is 0.849. The predicted molar refractivity (Wildman–Crippen MR) is 101 cm³/mol. The summed E-state index contributed by atoms with van der Waals surface area (Å²) in [5.41, 5.74) is 1.28. The summed E-state index contributed by atoms with van der Waals surface area (Å²) in [7, 11) is 1.77. The number of anilines is 2. The second kappa shape index (κ2) is 8.10. The second-order valence-electron chi connectivity index (χ2n) is 6.72. The summed E-state index contributed by atoms with van der Waals surface area (Å²) in [6.45, 7) is 1.83. The normalized spacial score (nSPS) is 15.4. The molecule has 1 aliphatic carbocycles. The van der Waals surface area contributed by atoms with Gasteiger partial charge in [-0.3, -0.25) is 4.79 Å². The maximum Gasteiger partial charge on any atom is 0.276 e. The number of benzene rings is 1. The molecule has 1 amide bonds. The van der Waals surface area contributed by atoms with Gasteiger partial charge in [-0.1, -0.05) is 43.9 Å². The van der Waals surface area contributed by atoms with E-state index in [1.807, 2.05) is 37.3 Å². The topological polar surface area (TPSA) is 58.1 Å². The summed E-state index contributed by atoms with van der Waals surface area (Å²) in [5.74, 6) is 1.24. The molecule has 1 saturated carbocycles. The van der Waals surface area contributed by atoms with Crippen LogP contribution in [0.5, 0.6) is 0 Å². The number of hydrogen-bond acceptors (Lipinski definition) is 4. The molecule has 5 nitrogen and oxygen atoms in total. The molecule has 0 unspecified atom stereocenters. The van der Waals surface area contributed by atoms with Crippen molar-refractivity contribution >= 4 is 17.4 Å². The fourth-order valence-corrected chi connectivity index (χ4v) is 3.32. The van der Waals surface area contributed by atoms with Crippen LogP contribution in [-0.4, -0.2) is 29.0 Å². The molecule has 0 aliphatic heterocycles. The Morgan fingerprint density at radius 3 is 2.44 bits per heavy atom. The van der Waals surface area contributed by atoms with Crippen LogP contribution in [0.3, 0.4) is 0 Å². The highest BCUT2D eigenvalue weighted by atomic mass is 16.2. The first-order chi connectivity index (χ1) is 12.1. The third kappa shape index (κ3) is 4.56. The van der Waals surface area contributed by atoms with Gasteiger partial charge in [-0.15, -0.1) is 0 Å². The highest BCUT2D eigenvalue weighted by molar-refractivity contribution is 6.04. The van der Waals surface area contributed by atoms with Crippen LogP contribution in [0.25, 0.3) is 0 Å². The van der Waals surface area contributed by atoms with Gasteiger partial charge in [0, 0.05) is 24.8 Å². The number of carbonyl (C=O) groups excluding carboxylic acids is 1. The van der Waals surface area contributed by atoms with E-state index in [2.05, 4.69) is 15.3 Å². The van der Waals surface area contributed by atoms with Crippen molar-refractivity contribution in [3.63, 3.8) is 0 Å². The van der Waals surface area contributed by atoms with Gasteiger partial charge in [0.2, 0.25) is 0 Å². The summed E-state index contributed by atoms with van der Waals surface area (Å²) in [5, 5.41) is 3.51. The number of aryl methyl sites for hydroxylation is 1. The highest BCUT2D eigenvalue weighted by Crippen LogP contribution is 2.21. The van der Waals surface area contributed by atoms with Crippen LogP contribution in [0.1, 0.15) is 54.8 Å². The lowest BCUT2D eigenvalue weighted by Crippen LogP contribution is -2.28. The largest absolute Gasteiger partial charge is 0.367 e. The predicted octanol–water partition coefficient (Wildman–Crippen LogP) is 4.20. The molecule has 0 radical (unpaired) electrons. The molecule has 3 rings (SSSR count). The first-order valence-corrected chi connectivity index (χ1v) is 9.09. The molecule has 25 heavy (non-hydrogen) atoms. The van der Waals surface area contributed by atoms with Gasteiger partial charge < -0.3 is 10.2 Å². The number of amides is 1. The Labute approximate surface area is 149 Å². The lowest BCUT2D eigenvalue weighted by atomic mass is 10.1. The van der Waals surface area contributed by atoms with Crippen LogP contribution in [0.2, 0.25) is 0 Å². The molecule has 0 bridgehead atoms. The number of para-hydroxylation sites is 1. The van der Waals surface area contributed by atoms with Crippen molar-refractivity contribution in [2.75, 3.05) is 17.3 Å². The van der Waals surface area contributed by atoms with Crippen LogP contribution in [0.4, 0.5) is 11.5 Å². The number of nitrogens with one attached hydrogen (secondary N) is 1. The lowest BCUT2D eigenvalue weighted by Gasteiger charge is -2.19. The summed E-state index contributed by atoms with van der Waals surface area (Å²) in [4.78, 5) is 23.3. The first-order valence-electron chi connectivity index (χ1n) is 9.09. The van der Waals surface area contributed by atoms with E-state index in [1.165, 1.54) is 25.7 Å². The van der Waals surface area contributed by atoms with E-state index in [1.54, 1.807) is 18.0 Å². The molecule has 1 N–H and O–H groups in total. The van der Waals surface area contributed by atoms with Crippen molar-refractivity contribution in [1.29, 1.82) is 0 Å². The SMILES string of the molecule is Cc1nc(NC2CCCCCC2)cc(C(=O)N(C)c2ccccc2)n1. The highest BCUT2D eigenvalue weighted by Gasteiger charge is 2.18. The zero-order chi connectivity index (χ0) is 17.6. The Hall–Kier alpha value is -2.43. The number of nitrogens with zero attached hydrogens (tertiary/aromatic N) is 3. The van der Waals surface area contributed by atoms with Gasteiger partial charge in [0.15, 0.2) is 0 Å². The lowest BCUT2D eigenvalue weighted by molar-refractivity contribution is 0.0988. The van der Waals surface area contributed by atoms with Crippen LogP contribution in [0, 0.1) is 6.92 Å². The van der Waals surface area contributed by atoms with E-state index < -0.39 is 0 Å². The summed E-state index contributed by atoms with van der Waals surface area (Å²) in [6.07, 6.45) is 7.46. The van der Waals surface area contributed by atoms with Gasteiger partial charge in [0.1, 0.15) is 17.3 Å². The molecule has 5 heteroatoms. The van der Waals surface area contributed by atoms with Crippen molar-refractivity contribution in [3.05, 3.63) is 47.9 Å². The van der Waals surface area contributed by atoms with E-state index in [0.717, 1.165) is 24.3 Å². The van der Waals surface area contributed by atoms with Crippen molar-refractivity contribution in [1.82, 2.24) is 9.97 Å². The molecule has 132 valence electrons. The average molecular weight is 338 g/mol. The average Bonchev–Trinajstić information content (AvgIpc) is 2.89. The van der Waals surface area contributed by atoms with Crippen LogP contribution < -0.4 is 10.2 Å². The van der Waals surface area contributed by atoms with Crippen LogP contribution >= 0.6 is 0 Å². The standard InChI is InChI=1S/C20H26N4O/c1-15-21-18(20(25)24(2)17-12-8-5-9-13-17)14-19(22-15)23-16-10-6-3-4-7-11-16/h5,8-9,12-14,16H,3-4,6-7,10-11H2,1-2H3,(H,21,22,23). The molecular formula is C20H26N4O. The van der Waals surface area contributed by atoms with Gasteiger partial charge in [0.25, 0.3) is 5.91 Å². The number of rotatable bonds is 4. The third-order valence-electron chi connectivity index (χ3n) is 4.71. The van der Waals surface area contributed by atoms with Gasteiger partial charge in [-0.2, -0.15) is 0 Å². The Morgan fingerprint density at radius 2 is 1.76 bits per heavy atom. The van der Waals surface area contributed by atoms with Gasteiger partial charge >= 0.3 is 0 Å². The molecule has 1 fully saturated rings. The Bertz CT molecular complexity index is 709. The fraction of sp³-hybridized carbons (Fsp3) is 0.450. The van der Waals surface area contributed by atoms with Crippen molar-refractivity contribution < 1.29 is 4.79 Å². The summed E-state index contributed by atoms with van der Waals surface area (Å²) in [6, 6.07) is 11.8. The van der Waals surface area contributed by atoms with Crippen molar-refractivity contribution in [2.24, 2.45) is 0 Å². The Kier molecular flexibility index (Phi) is 5.64. The van der Waals surface area contributed by atoms with E-state index >= 15 is 0 Å². The minimum Gasteiger partial charge on any atom is -0.367 e. The summed E-state index contributed by atoms with van der Waals surface area (Å²) >= 11 is 0. The fourth-order valence-electron chi connectivity index (χ4n) is 3.32. The zero-order valence-corrected chi connectivity index (χ0v) is 15.0. The summed E-state index contributed by atoms with van der Waals surface area (Å²) < 4.78 is 0. The third-order valence-corrected chi connectivity index (χ3v) is 4.71. The number of aromatic nitrogens is 2. The molecular weight excluding hydrogens is 312 g/mol. The minimum absolute atomic E-state index is 0.124. The molecule has 1 aliphatic rings. The minimum atomic E-state index is -0.124. The second-order valence-corrected chi connectivity index (χ2v) is 6.72. The molecule has 0 atom stereocenters. The van der Waals surface area contributed by atoms with E-state index in [4.69, 9.17) is 0 Å². The maximum atomic E-state index is 12.8. The van der Waals surface area contributed by atoms with Crippen LogP contribution in [-0.2, 0) is 0 Å². The molecule has 1 heterocycles. The molecule has 2 aromatic rings.